The normalized spacial score (nSPS) is 28.1. The molecule has 5 nitrogen and oxygen atoms in total. The highest BCUT2D eigenvalue weighted by Gasteiger charge is 2.37. The summed E-state index contributed by atoms with van der Waals surface area (Å²) in [7, 11) is 0. The Morgan fingerprint density at radius 3 is 2.38 bits per heavy atom. The number of rotatable bonds is 4. The molecule has 1 amide bonds. The molecule has 2 atom stereocenters. The van der Waals surface area contributed by atoms with Gasteiger partial charge in [0.15, 0.2) is 0 Å². The maximum absolute atomic E-state index is 11.7. The van der Waals surface area contributed by atoms with Crippen molar-refractivity contribution in [2.45, 2.75) is 19.3 Å². The Hall–Kier alpha value is -1.10. The number of aliphatic carboxylic acids is 1. The second-order valence-electron chi connectivity index (χ2n) is 4.64. The van der Waals surface area contributed by atoms with E-state index in [2.05, 4.69) is 0 Å². The van der Waals surface area contributed by atoms with Crippen molar-refractivity contribution in [2.24, 2.45) is 11.8 Å². The van der Waals surface area contributed by atoms with Gasteiger partial charge in [0.2, 0.25) is 5.91 Å². The van der Waals surface area contributed by atoms with E-state index in [1.807, 2.05) is 4.90 Å². The van der Waals surface area contributed by atoms with Crippen molar-refractivity contribution < 1.29 is 19.4 Å². The summed E-state index contributed by atoms with van der Waals surface area (Å²) in [6.07, 6.45) is 3.74. The zero-order valence-corrected chi connectivity index (χ0v) is 9.22. The van der Waals surface area contributed by atoms with Gasteiger partial charge in [0.05, 0.1) is 0 Å². The van der Waals surface area contributed by atoms with E-state index in [1.165, 1.54) is 19.3 Å². The maximum atomic E-state index is 11.7. The van der Waals surface area contributed by atoms with Gasteiger partial charge in [-0.05, 0) is 24.7 Å². The average Bonchev–Trinajstić information content (AvgIpc) is 2.75. The van der Waals surface area contributed by atoms with E-state index in [4.69, 9.17) is 9.84 Å². The van der Waals surface area contributed by atoms with Crippen molar-refractivity contribution in [3.8, 4) is 0 Å². The highest BCUT2D eigenvalue weighted by atomic mass is 16.5. The predicted molar refractivity (Wildman–Crippen MR) is 55.9 cm³/mol. The molecule has 1 saturated heterocycles. The summed E-state index contributed by atoms with van der Waals surface area (Å²) in [5.74, 6) is 0.230. The van der Waals surface area contributed by atoms with Crippen molar-refractivity contribution >= 4 is 11.9 Å². The number of likely N-dealkylation sites (tertiary alicyclic amines) is 1. The monoisotopic (exact) mass is 227 g/mol. The van der Waals surface area contributed by atoms with Gasteiger partial charge in [-0.3, -0.25) is 4.79 Å². The first kappa shape index (κ1) is 11.4. The third kappa shape index (κ3) is 2.52. The first-order valence-corrected chi connectivity index (χ1v) is 5.74. The zero-order chi connectivity index (χ0) is 11.5. The molecule has 1 aliphatic carbocycles. The number of carboxylic acid groups (broad SMARTS) is 1. The minimum absolute atomic E-state index is 0.0735. The summed E-state index contributed by atoms with van der Waals surface area (Å²) in [4.78, 5) is 23.7. The van der Waals surface area contributed by atoms with Crippen LogP contribution < -0.4 is 0 Å². The Labute approximate surface area is 94.4 Å². The average molecular weight is 227 g/mol. The fourth-order valence-electron chi connectivity index (χ4n) is 2.76. The highest BCUT2D eigenvalue weighted by molar-refractivity contribution is 5.78. The number of carbonyl (C=O) groups excluding carboxylic acids is 1. The Morgan fingerprint density at radius 2 is 1.81 bits per heavy atom. The lowest BCUT2D eigenvalue weighted by atomic mass is 10.0. The number of hydrogen-bond donors (Lipinski definition) is 1. The molecular formula is C11H17NO4. The molecule has 2 aliphatic rings. The minimum atomic E-state index is -1.04. The number of hydrogen-bond acceptors (Lipinski definition) is 3. The molecule has 5 heteroatoms. The smallest absolute Gasteiger partial charge is 0.329 e. The first-order chi connectivity index (χ1) is 7.66. The number of amides is 1. The van der Waals surface area contributed by atoms with E-state index in [9.17, 15) is 9.59 Å². The summed E-state index contributed by atoms with van der Waals surface area (Å²) < 4.78 is 4.80. The SMILES string of the molecule is O=C(O)COCC(=O)N1CC2CCCC2C1. The van der Waals surface area contributed by atoms with E-state index in [0.29, 0.717) is 11.8 Å². The van der Waals surface area contributed by atoms with Gasteiger partial charge in [-0.2, -0.15) is 0 Å². The van der Waals surface area contributed by atoms with Gasteiger partial charge in [0.1, 0.15) is 13.2 Å². The van der Waals surface area contributed by atoms with Crippen LogP contribution in [0.5, 0.6) is 0 Å². The molecular weight excluding hydrogens is 210 g/mol. The van der Waals surface area contributed by atoms with E-state index in [0.717, 1.165) is 13.1 Å². The van der Waals surface area contributed by atoms with Gasteiger partial charge < -0.3 is 14.7 Å². The fraction of sp³-hybridized carbons (Fsp3) is 0.818. The van der Waals surface area contributed by atoms with Crippen LogP contribution in [0.4, 0.5) is 0 Å². The van der Waals surface area contributed by atoms with Gasteiger partial charge in [0, 0.05) is 13.1 Å². The quantitative estimate of drug-likeness (QED) is 0.752. The van der Waals surface area contributed by atoms with Crippen molar-refractivity contribution in [3.63, 3.8) is 0 Å². The van der Waals surface area contributed by atoms with Gasteiger partial charge in [-0.1, -0.05) is 6.42 Å². The van der Waals surface area contributed by atoms with Crippen LogP contribution in [0.3, 0.4) is 0 Å². The molecule has 0 aromatic carbocycles. The molecule has 0 spiro atoms. The molecule has 2 unspecified atom stereocenters. The lowest BCUT2D eigenvalue weighted by Crippen LogP contribution is -2.33. The van der Waals surface area contributed by atoms with E-state index < -0.39 is 12.6 Å². The Morgan fingerprint density at radius 1 is 1.19 bits per heavy atom. The van der Waals surface area contributed by atoms with Crippen LogP contribution in [0.1, 0.15) is 19.3 Å². The molecule has 1 N–H and O–H groups in total. The summed E-state index contributed by atoms with van der Waals surface area (Å²) >= 11 is 0. The van der Waals surface area contributed by atoms with Crippen LogP contribution in [0.15, 0.2) is 0 Å². The topological polar surface area (TPSA) is 66.8 Å². The van der Waals surface area contributed by atoms with Gasteiger partial charge in [0.25, 0.3) is 0 Å². The van der Waals surface area contributed by atoms with Crippen LogP contribution in [-0.4, -0.2) is 48.2 Å². The van der Waals surface area contributed by atoms with Gasteiger partial charge in [-0.15, -0.1) is 0 Å². The second kappa shape index (κ2) is 4.82. The number of fused-ring (bicyclic) bond motifs is 1. The predicted octanol–water partition coefficient (Wildman–Crippen LogP) is 0.346. The zero-order valence-electron chi connectivity index (χ0n) is 9.22. The van der Waals surface area contributed by atoms with Crippen molar-refractivity contribution in [1.82, 2.24) is 4.90 Å². The molecule has 1 heterocycles. The summed E-state index contributed by atoms with van der Waals surface area (Å²) in [6, 6.07) is 0. The Bertz CT molecular complexity index is 280. The van der Waals surface area contributed by atoms with Crippen molar-refractivity contribution in [1.29, 1.82) is 0 Å². The number of nitrogens with zero attached hydrogens (tertiary/aromatic N) is 1. The van der Waals surface area contributed by atoms with E-state index in [-0.39, 0.29) is 12.5 Å². The van der Waals surface area contributed by atoms with Crippen LogP contribution in [-0.2, 0) is 14.3 Å². The van der Waals surface area contributed by atoms with E-state index >= 15 is 0 Å². The maximum Gasteiger partial charge on any atom is 0.329 e. The van der Waals surface area contributed by atoms with E-state index in [1.54, 1.807) is 0 Å². The number of carboxylic acids is 1. The second-order valence-corrected chi connectivity index (χ2v) is 4.64. The van der Waals surface area contributed by atoms with Crippen molar-refractivity contribution in [3.05, 3.63) is 0 Å². The van der Waals surface area contributed by atoms with Gasteiger partial charge >= 0.3 is 5.97 Å². The third-order valence-electron chi connectivity index (χ3n) is 3.53. The summed E-state index contributed by atoms with van der Waals surface area (Å²) in [6.45, 7) is 1.16. The standard InChI is InChI=1S/C11H17NO4/c13-10(6-16-7-11(14)15)12-4-8-2-1-3-9(8)5-12/h8-9H,1-7H2,(H,14,15). The molecule has 16 heavy (non-hydrogen) atoms. The molecule has 1 saturated carbocycles. The van der Waals surface area contributed by atoms with Crippen LogP contribution in [0.25, 0.3) is 0 Å². The molecule has 0 radical (unpaired) electrons. The molecule has 0 bridgehead atoms. The van der Waals surface area contributed by atoms with Crippen LogP contribution in [0.2, 0.25) is 0 Å². The number of carbonyl (C=O) groups is 2. The lowest BCUT2D eigenvalue weighted by Gasteiger charge is -2.16. The Kier molecular flexibility index (Phi) is 3.43. The summed E-state index contributed by atoms with van der Waals surface area (Å²) in [5.41, 5.74) is 0. The molecule has 2 rings (SSSR count). The fourth-order valence-corrected chi connectivity index (χ4v) is 2.76. The number of ether oxygens (including phenoxy) is 1. The van der Waals surface area contributed by atoms with Gasteiger partial charge in [-0.25, -0.2) is 4.79 Å². The van der Waals surface area contributed by atoms with Crippen molar-refractivity contribution in [2.75, 3.05) is 26.3 Å². The molecule has 1 aliphatic heterocycles. The Balaban J connectivity index is 1.72. The molecule has 0 aromatic rings. The molecule has 0 aromatic heterocycles. The van der Waals surface area contributed by atoms with Crippen LogP contribution >= 0.6 is 0 Å². The first-order valence-electron chi connectivity index (χ1n) is 5.74. The minimum Gasteiger partial charge on any atom is -0.480 e. The summed E-state index contributed by atoms with van der Waals surface area (Å²) in [5, 5.41) is 8.37. The highest BCUT2D eigenvalue weighted by Crippen LogP contribution is 2.37. The molecule has 2 fully saturated rings. The lowest BCUT2D eigenvalue weighted by molar-refractivity contribution is -0.145. The molecule has 90 valence electrons. The van der Waals surface area contributed by atoms with Crippen LogP contribution in [0, 0.1) is 11.8 Å². The largest absolute Gasteiger partial charge is 0.480 e. The third-order valence-corrected chi connectivity index (χ3v) is 3.53.